The van der Waals surface area contributed by atoms with Gasteiger partial charge < -0.3 is 11.1 Å². The van der Waals surface area contributed by atoms with Crippen molar-refractivity contribution in [3.63, 3.8) is 0 Å². The van der Waals surface area contributed by atoms with Gasteiger partial charge in [-0.2, -0.15) is 10.1 Å². The third kappa shape index (κ3) is 3.80. The lowest BCUT2D eigenvalue weighted by atomic mass is 10.1. The van der Waals surface area contributed by atoms with Crippen molar-refractivity contribution in [1.82, 2.24) is 19.7 Å². The predicted molar refractivity (Wildman–Crippen MR) is 92.2 cm³/mol. The summed E-state index contributed by atoms with van der Waals surface area (Å²) in [6, 6.07) is 9.82. The minimum atomic E-state index is -0.479. The Bertz CT molecular complexity index is 821. The predicted octanol–water partition coefficient (Wildman–Crippen LogP) is 3.21. The molecule has 0 fully saturated rings. The van der Waals surface area contributed by atoms with Gasteiger partial charge in [0.05, 0.1) is 24.1 Å². The molecule has 3 N–H and O–H groups in total. The first-order valence-corrected chi connectivity index (χ1v) is 7.75. The van der Waals surface area contributed by atoms with Crippen LogP contribution < -0.4 is 11.1 Å². The number of rotatable bonds is 6. The summed E-state index contributed by atoms with van der Waals surface area (Å²) in [5.74, 6) is 0.527. The molecule has 0 amide bonds. The summed E-state index contributed by atoms with van der Waals surface area (Å²) in [5, 5.41) is 7.39. The van der Waals surface area contributed by atoms with Crippen molar-refractivity contribution in [3.05, 3.63) is 59.0 Å². The summed E-state index contributed by atoms with van der Waals surface area (Å²) < 4.78 is 13.8. The molecule has 2 aromatic heterocycles. The van der Waals surface area contributed by atoms with Gasteiger partial charge in [0.15, 0.2) is 0 Å². The maximum Gasteiger partial charge on any atom is 0.229 e. The molecule has 0 spiro atoms. The number of nitrogens with zero attached hydrogens (tertiary/aromatic N) is 4. The maximum absolute atomic E-state index is 12.3. The van der Waals surface area contributed by atoms with E-state index in [1.807, 2.05) is 30.3 Å². The van der Waals surface area contributed by atoms with Gasteiger partial charge in [0, 0.05) is 12.6 Å². The molecule has 0 aliphatic carbocycles. The first kappa shape index (κ1) is 16.2. The lowest BCUT2D eigenvalue weighted by molar-refractivity contribution is 0.427. The number of aromatic nitrogens is 4. The van der Waals surface area contributed by atoms with Gasteiger partial charge in [0.25, 0.3) is 0 Å². The second-order valence-electron chi connectivity index (χ2n) is 5.16. The zero-order valence-corrected chi connectivity index (χ0v) is 13.5. The van der Waals surface area contributed by atoms with Gasteiger partial charge in [0.2, 0.25) is 5.95 Å². The largest absolute Gasteiger partial charge is 0.382 e. The van der Waals surface area contributed by atoms with Crippen LogP contribution in [0.5, 0.6) is 0 Å². The van der Waals surface area contributed by atoms with Crippen LogP contribution >= 0.6 is 11.6 Å². The van der Waals surface area contributed by atoms with Crippen LogP contribution in [-0.4, -0.2) is 26.4 Å². The minimum absolute atomic E-state index is 0.199. The Morgan fingerprint density at radius 2 is 2.00 bits per heavy atom. The third-order valence-corrected chi connectivity index (χ3v) is 3.77. The smallest absolute Gasteiger partial charge is 0.229 e. The normalized spacial score (nSPS) is 10.8. The first-order chi connectivity index (χ1) is 11.7. The fourth-order valence-electron chi connectivity index (χ4n) is 2.24. The van der Waals surface area contributed by atoms with Gasteiger partial charge >= 0.3 is 0 Å². The van der Waals surface area contributed by atoms with Crippen molar-refractivity contribution in [2.75, 3.05) is 17.7 Å². The van der Waals surface area contributed by atoms with Crippen LogP contribution in [0.1, 0.15) is 11.3 Å². The molecule has 8 heteroatoms. The lowest BCUT2D eigenvalue weighted by Crippen LogP contribution is -2.05. The van der Waals surface area contributed by atoms with Crippen molar-refractivity contribution in [2.45, 2.75) is 13.0 Å². The summed E-state index contributed by atoms with van der Waals surface area (Å²) in [6.07, 6.45) is 3.79. The van der Waals surface area contributed by atoms with E-state index in [0.29, 0.717) is 28.8 Å². The summed E-state index contributed by atoms with van der Waals surface area (Å²) in [7, 11) is 0. The van der Waals surface area contributed by atoms with E-state index in [9.17, 15) is 4.39 Å². The Kier molecular flexibility index (Phi) is 4.90. The number of aryl methyl sites for hydroxylation is 1. The Balaban J connectivity index is 1.83. The SMILES string of the molecule is Nc1nc(Nc2cnn(CCF)c2)nc(Cc2ccccc2)c1Cl. The molecule has 1 aromatic carbocycles. The molecular formula is C16H16ClFN6. The molecular weight excluding hydrogens is 331 g/mol. The van der Waals surface area contributed by atoms with Crippen molar-refractivity contribution < 1.29 is 4.39 Å². The summed E-state index contributed by atoms with van der Waals surface area (Å²) >= 11 is 6.23. The second-order valence-corrected chi connectivity index (χ2v) is 5.54. The number of hydrogen-bond acceptors (Lipinski definition) is 5. The average molecular weight is 347 g/mol. The summed E-state index contributed by atoms with van der Waals surface area (Å²) in [6.45, 7) is -0.280. The van der Waals surface area contributed by atoms with Crippen LogP contribution in [0.3, 0.4) is 0 Å². The van der Waals surface area contributed by atoms with E-state index in [1.165, 1.54) is 4.68 Å². The van der Waals surface area contributed by atoms with Crippen molar-refractivity contribution >= 4 is 29.1 Å². The van der Waals surface area contributed by atoms with E-state index in [1.54, 1.807) is 12.4 Å². The molecule has 6 nitrogen and oxygen atoms in total. The number of benzene rings is 1. The molecule has 0 saturated carbocycles. The monoisotopic (exact) mass is 346 g/mol. The number of halogens is 2. The van der Waals surface area contributed by atoms with Crippen LogP contribution in [0, 0.1) is 0 Å². The van der Waals surface area contributed by atoms with Crippen molar-refractivity contribution in [3.8, 4) is 0 Å². The molecule has 0 aliphatic heterocycles. The third-order valence-electron chi connectivity index (χ3n) is 3.36. The maximum atomic E-state index is 12.3. The molecule has 24 heavy (non-hydrogen) atoms. The molecule has 124 valence electrons. The molecule has 0 bridgehead atoms. The van der Waals surface area contributed by atoms with E-state index < -0.39 is 6.67 Å². The second kappa shape index (κ2) is 7.27. The zero-order chi connectivity index (χ0) is 16.9. The van der Waals surface area contributed by atoms with Crippen molar-refractivity contribution in [2.24, 2.45) is 0 Å². The van der Waals surface area contributed by atoms with E-state index in [4.69, 9.17) is 17.3 Å². The molecule has 0 radical (unpaired) electrons. The molecule has 2 heterocycles. The highest BCUT2D eigenvalue weighted by Crippen LogP contribution is 2.25. The van der Waals surface area contributed by atoms with Gasteiger partial charge in [-0.1, -0.05) is 41.9 Å². The van der Waals surface area contributed by atoms with E-state index in [-0.39, 0.29) is 12.4 Å². The highest BCUT2D eigenvalue weighted by Gasteiger charge is 2.12. The number of anilines is 3. The minimum Gasteiger partial charge on any atom is -0.382 e. The molecule has 3 rings (SSSR count). The van der Waals surface area contributed by atoms with Crippen LogP contribution in [0.2, 0.25) is 5.02 Å². The Labute approximate surface area is 143 Å². The van der Waals surface area contributed by atoms with Gasteiger partial charge in [-0.15, -0.1) is 0 Å². The number of nitrogens with one attached hydrogen (secondary N) is 1. The highest BCUT2D eigenvalue weighted by atomic mass is 35.5. The van der Waals surface area contributed by atoms with E-state index in [0.717, 1.165) is 5.56 Å². The Morgan fingerprint density at radius 3 is 2.75 bits per heavy atom. The molecule has 0 aliphatic rings. The molecule has 0 unspecified atom stereocenters. The van der Waals surface area contributed by atoms with E-state index >= 15 is 0 Å². The first-order valence-electron chi connectivity index (χ1n) is 7.37. The van der Waals surface area contributed by atoms with Gasteiger partial charge in [-0.3, -0.25) is 4.68 Å². The fourth-order valence-corrected chi connectivity index (χ4v) is 2.39. The Hall–Kier alpha value is -2.67. The number of hydrogen-bond donors (Lipinski definition) is 2. The summed E-state index contributed by atoms with van der Waals surface area (Å²) in [4.78, 5) is 8.57. The lowest BCUT2D eigenvalue weighted by Gasteiger charge is -2.09. The summed E-state index contributed by atoms with van der Waals surface area (Å²) in [5.41, 5.74) is 8.24. The quantitative estimate of drug-likeness (QED) is 0.716. The number of alkyl halides is 1. The van der Waals surface area contributed by atoms with Gasteiger partial charge in [0.1, 0.15) is 17.5 Å². The Morgan fingerprint density at radius 1 is 1.21 bits per heavy atom. The van der Waals surface area contributed by atoms with Gasteiger partial charge in [-0.05, 0) is 5.56 Å². The van der Waals surface area contributed by atoms with E-state index in [2.05, 4.69) is 20.4 Å². The topological polar surface area (TPSA) is 81.6 Å². The zero-order valence-electron chi connectivity index (χ0n) is 12.8. The highest BCUT2D eigenvalue weighted by molar-refractivity contribution is 6.33. The van der Waals surface area contributed by atoms with Crippen LogP contribution in [0.4, 0.5) is 21.8 Å². The molecule has 3 aromatic rings. The van der Waals surface area contributed by atoms with Crippen molar-refractivity contribution in [1.29, 1.82) is 0 Å². The van der Waals surface area contributed by atoms with Crippen LogP contribution in [0.25, 0.3) is 0 Å². The molecule has 0 atom stereocenters. The average Bonchev–Trinajstić information content (AvgIpc) is 3.00. The van der Waals surface area contributed by atoms with Gasteiger partial charge in [-0.25, -0.2) is 9.37 Å². The number of nitrogen functional groups attached to an aromatic ring is 1. The standard InChI is InChI=1S/C16H16ClFN6/c17-14-13(8-11-4-2-1-3-5-11)22-16(23-15(14)19)21-12-9-20-24(10-12)7-6-18/h1-5,9-10H,6-8H2,(H3,19,21,22,23). The molecule has 0 saturated heterocycles. The van der Waals surface area contributed by atoms with Crippen LogP contribution in [0.15, 0.2) is 42.7 Å². The number of nitrogens with two attached hydrogens (primary N) is 1. The fraction of sp³-hybridized carbons (Fsp3) is 0.188. The van der Waals surface area contributed by atoms with Crippen LogP contribution in [-0.2, 0) is 13.0 Å².